The molecule has 0 saturated carbocycles. The smallest absolute Gasteiger partial charge is 0.246 e. The van der Waals surface area contributed by atoms with Gasteiger partial charge in [-0.1, -0.05) is 42.5 Å². The fraction of sp³-hybridized carbons (Fsp3) is 0.0667. The molecule has 0 atom stereocenters. The van der Waals surface area contributed by atoms with Crippen molar-refractivity contribution < 1.29 is 0 Å². The van der Waals surface area contributed by atoms with Gasteiger partial charge in [-0.3, -0.25) is 0 Å². The molecule has 0 aliphatic carbocycles. The van der Waals surface area contributed by atoms with Crippen molar-refractivity contribution >= 4 is 27.5 Å². The first-order chi connectivity index (χ1) is 9.83. The van der Waals surface area contributed by atoms with Gasteiger partial charge in [-0.15, -0.1) is 0 Å². The molecule has 5 heteroatoms. The summed E-state index contributed by atoms with van der Waals surface area (Å²) in [6.45, 7) is 0.585. The van der Waals surface area contributed by atoms with Gasteiger partial charge in [0.15, 0.2) is 0 Å². The lowest BCUT2D eigenvalue weighted by molar-refractivity contribution is 0.810. The summed E-state index contributed by atoms with van der Waals surface area (Å²) >= 11 is 1.40. The number of para-hydroxylation sites is 2. The molecule has 0 aliphatic rings. The van der Waals surface area contributed by atoms with E-state index >= 15 is 0 Å². The number of rotatable bonds is 2. The molecular formula is C15H11N3OS. The first-order valence-corrected chi connectivity index (χ1v) is 7.11. The van der Waals surface area contributed by atoms with Crippen LogP contribution in [0.1, 0.15) is 5.56 Å². The van der Waals surface area contributed by atoms with Gasteiger partial charge in [-0.25, -0.2) is 18.1 Å². The molecule has 0 saturated heterocycles. The van der Waals surface area contributed by atoms with Crippen LogP contribution in [0.25, 0.3) is 16.0 Å². The minimum Gasteiger partial charge on any atom is -0.246 e. The van der Waals surface area contributed by atoms with E-state index in [2.05, 4.69) is 4.98 Å². The summed E-state index contributed by atoms with van der Waals surface area (Å²) in [6.07, 6.45) is 0. The Labute approximate surface area is 118 Å². The van der Waals surface area contributed by atoms with Crippen LogP contribution in [-0.2, 0) is 6.54 Å². The van der Waals surface area contributed by atoms with Crippen molar-refractivity contribution in [2.24, 2.45) is 0 Å². The average molecular weight is 281 g/mol. The van der Waals surface area contributed by atoms with Crippen molar-refractivity contribution in [2.75, 3.05) is 0 Å². The van der Waals surface area contributed by atoms with E-state index in [1.807, 2.05) is 54.6 Å². The van der Waals surface area contributed by atoms with Crippen LogP contribution < -0.4 is 5.69 Å². The third kappa shape index (κ3) is 1.67. The Kier molecular flexibility index (Phi) is 2.47. The lowest BCUT2D eigenvalue weighted by Gasteiger charge is -1.99. The van der Waals surface area contributed by atoms with Crippen molar-refractivity contribution in [1.82, 2.24) is 13.3 Å². The molecule has 20 heavy (non-hydrogen) atoms. The zero-order valence-corrected chi connectivity index (χ0v) is 11.4. The van der Waals surface area contributed by atoms with E-state index in [0.29, 0.717) is 6.54 Å². The van der Waals surface area contributed by atoms with E-state index in [1.54, 1.807) is 8.36 Å². The predicted molar refractivity (Wildman–Crippen MR) is 80.4 cm³/mol. The Balaban J connectivity index is 1.90. The quantitative estimate of drug-likeness (QED) is 0.567. The number of nitrogens with zero attached hydrogens (tertiary/aromatic N) is 3. The highest BCUT2D eigenvalue weighted by Crippen LogP contribution is 2.18. The molecule has 0 amide bonds. The largest absolute Gasteiger partial charge is 0.344 e. The van der Waals surface area contributed by atoms with Crippen molar-refractivity contribution in [3.05, 3.63) is 70.6 Å². The van der Waals surface area contributed by atoms with Crippen LogP contribution in [0.3, 0.4) is 0 Å². The summed E-state index contributed by atoms with van der Waals surface area (Å²) in [6, 6.07) is 17.7. The number of benzene rings is 2. The Bertz CT molecular complexity index is 949. The standard InChI is InChI=1S/C15H11N3OS/c19-15-17(10-11-6-2-1-3-7-11)20-14-16-12-8-4-5-9-13(12)18(14)15/h1-9H,10H2. The highest BCUT2D eigenvalue weighted by molar-refractivity contribution is 7.11. The van der Waals surface area contributed by atoms with Gasteiger partial charge in [0.05, 0.1) is 17.6 Å². The van der Waals surface area contributed by atoms with Gasteiger partial charge in [-0.2, -0.15) is 0 Å². The molecule has 0 aliphatic heterocycles. The number of fused-ring (bicyclic) bond motifs is 3. The van der Waals surface area contributed by atoms with Crippen LogP contribution >= 0.6 is 11.5 Å². The van der Waals surface area contributed by atoms with E-state index in [4.69, 9.17) is 0 Å². The van der Waals surface area contributed by atoms with Crippen LogP contribution in [0.4, 0.5) is 0 Å². The second kappa shape index (κ2) is 4.31. The summed E-state index contributed by atoms with van der Waals surface area (Å²) < 4.78 is 3.42. The molecule has 0 unspecified atom stereocenters. The number of aromatic nitrogens is 3. The number of hydrogen-bond donors (Lipinski definition) is 0. The Morgan fingerprint density at radius 1 is 1.00 bits per heavy atom. The molecule has 0 N–H and O–H groups in total. The van der Waals surface area contributed by atoms with Gasteiger partial charge in [0, 0.05) is 0 Å². The molecule has 0 spiro atoms. The molecule has 2 aromatic heterocycles. The molecule has 98 valence electrons. The topological polar surface area (TPSA) is 39.3 Å². The second-order valence-electron chi connectivity index (χ2n) is 4.61. The van der Waals surface area contributed by atoms with Crippen LogP contribution in [0.15, 0.2) is 59.4 Å². The monoisotopic (exact) mass is 281 g/mol. The second-order valence-corrected chi connectivity index (χ2v) is 5.60. The van der Waals surface area contributed by atoms with Crippen molar-refractivity contribution in [3.8, 4) is 0 Å². The van der Waals surface area contributed by atoms with Crippen molar-refractivity contribution in [2.45, 2.75) is 6.54 Å². The summed E-state index contributed by atoms with van der Waals surface area (Å²) in [4.78, 5) is 17.7. The van der Waals surface area contributed by atoms with Gasteiger partial charge in [0.1, 0.15) is 0 Å². The molecule has 4 rings (SSSR count). The van der Waals surface area contributed by atoms with Crippen molar-refractivity contribution in [3.63, 3.8) is 0 Å². The summed E-state index contributed by atoms with van der Waals surface area (Å²) in [5.74, 6) is 0. The zero-order valence-electron chi connectivity index (χ0n) is 10.6. The van der Waals surface area contributed by atoms with Gasteiger partial charge in [-0.05, 0) is 29.2 Å². The van der Waals surface area contributed by atoms with Gasteiger partial charge in [0.25, 0.3) is 0 Å². The van der Waals surface area contributed by atoms with E-state index < -0.39 is 0 Å². The third-order valence-corrected chi connectivity index (χ3v) is 4.24. The maximum absolute atomic E-state index is 12.5. The molecule has 0 bridgehead atoms. The highest BCUT2D eigenvalue weighted by atomic mass is 32.1. The van der Waals surface area contributed by atoms with E-state index in [9.17, 15) is 4.79 Å². The molecule has 0 fully saturated rings. The number of imidazole rings is 1. The Hall–Kier alpha value is -2.40. The van der Waals surface area contributed by atoms with Crippen LogP contribution in [0.2, 0.25) is 0 Å². The normalized spacial score (nSPS) is 11.4. The maximum atomic E-state index is 12.5. The SMILES string of the molecule is O=c1n(Cc2ccccc2)sc2nc3ccccc3n12. The summed E-state index contributed by atoms with van der Waals surface area (Å²) in [7, 11) is 0. The first kappa shape index (κ1) is 11.4. The van der Waals surface area contributed by atoms with E-state index in [0.717, 1.165) is 21.6 Å². The first-order valence-electron chi connectivity index (χ1n) is 6.34. The fourth-order valence-corrected chi connectivity index (χ4v) is 3.32. The lowest BCUT2D eigenvalue weighted by Crippen LogP contribution is -2.19. The molecule has 2 aromatic carbocycles. The summed E-state index contributed by atoms with van der Waals surface area (Å²) in [5.41, 5.74) is 2.82. The van der Waals surface area contributed by atoms with Gasteiger partial charge < -0.3 is 0 Å². The Morgan fingerprint density at radius 3 is 2.60 bits per heavy atom. The lowest BCUT2D eigenvalue weighted by atomic mass is 10.2. The van der Waals surface area contributed by atoms with E-state index in [-0.39, 0.29) is 5.69 Å². The van der Waals surface area contributed by atoms with Crippen molar-refractivity contribution in [1.29, 1.82) is 0 Å². The fourth-order valence-electron chi connectivity index (χ4n) is 2.35. The van der Waals surface area contributed by atoms with Gasteiger partial charge >= 0.3 is 5.69 Å². The Morgan fingerprint density at radius 2 is 1.75 bits per heavy atom. The van der Waals surface area contributed by atoms with Crippen LogP contribution in [0.5, 0.6) is 0 Å². The molecular weight excluding hydrogens is 270 g/mol. The summed E-state index contributed by atoms with van der Waals surface area (Å²) in [5, 5.41) is 0. The predicted octanol–water partition coefficient (Wildman–Crippen LogP) is 2.76. The zero-order chi connectivity index (χ0) is 13.5. The molecule has 4 aromatic rings. The van der Waals surface area contributed by atoms with Gasteiger partial charge in [0.2, 0.25) is 4.96 Å². The molecule has 2 heterocycles. The van der Waals surface area contributed by atoms with Crippen LogP contribution in [0, 0.1) is 0 Å². The third-order valence-electron chi connectivity index (χ3n) is 3.30. The van der Waals surface area contributed by atoms with Crippen LogP contribution in [-0.4, -0.2) is 13.3 Å². The molecule has 0 radical (unpaired) electrons. The highest BCUT2D eigenvalue weighted by Gasteiger charge is 2.12. The number of hydrogen-bond acceptors (Lipinski definition) is 3. The molecule has 4 nitrogen and oxygen atoms in total. The minimum absolute atomic E-state index is 0.0254. The minimum atomic E-state index is -0.0254. The maximum Gasteiger partial charge on any atom is 0.344 e. The average Bonchev–Trinajstić information content (AvgIpc) is 2.98. The van der Waals surface area contributed by atoms with E-state index in [1.165, 1.54) is 11.5 Å².